The van der Waals surface area contributed by atoms with Gasteiger partial charge in [0.25, 0.3) is 0 Å². The third kappa shape index (κ3) is 22.4. The van der Waals surface area contributed by atoms with Crippen LogP contribution in [0.1, 0.15) is 39.0 Å². The Morgan fingerprint density at radius 1 is 0.786 bits per heavy atom. The van der Waals surface area contributed by atoms with Crippen molar-refractivity contribution < 1.29 is 0 Å². The Morgan fingerprint density at radius 2 is 1.29 bits per heavy atom. The van der Waals surface area contributed by atoms with Crippen LogP contribution in [0.5, 0.6) is 0 Å². The van der Waals surface area contributed by atoms with Crippen LogP contribution in [0, 0.1) is 0 Å². The standard InChI is InChI=1S/C8H14.C6H10/c1-3-5-7-8-6-4-2;1-3-5-6-4-2/h3-4,6H,1,5,7-8H2,2H3;3-4H,1-2,5-6H2. The fraction of sp³-hybridized carbons (Fsp3) is 0.429. The second-order valence-electron chi connectivity index (χ2n) is 2.94. The van der Waals surface area contributed by atoms with Gasteiger partial charge in [-0.1, -0.05) is 30.4 Å². The van der Waals surface area contributed by atoms with Crippen LogP contribution in [0.25, 0.3) is 0 Å². The summed E-state index contributed by atoms with van der Waals surface area (Å²) in [6.45, 7) is 12.8. The molecule has 0 saturated heterocycles. The third-order valence-electron chi connectivity index (χ3n) is 1.59. The van der Waals surface area contributed by atoms with Crippen LogP contribution in [-0.2, 0) is 0 Å². The predicted molar refractivity (Wildman–Crippen MR) is 68.5 cm³/mol. The van der Waals surface area contributed by atoms with Crippen LogP contribution in [0.2, 0.25) is 0 Å². The van der Waals surface area contributed by atoms with E-state index in [1.807, 2.05) is 25.2 Å². The maximum atomic E-state index is 3.63. The molecular formula is C14H24. The molecule has 0 radical (unpaired) electrons. The Bertz CT molecular complexity index is 143. The van der Waals surface area contributed by atoms with Gasteiger partial charge in [0.2, 0.25) is 0 Å². The Hall–Kier alpha value is -1.04. The van der Waals surface area contributed by atoms with E-state index in [1.54, 1.807) is 0 Å². The van der Waals surface area contributed by atoms with Crippen molar-refractivity contribution in [1.29, 1.82) is 0 Å². The molecule has 0 atom stereocenters. The van der Waals surface area contributed by atoms with Gasteiger partial charge in [-0.25, -0.2) is 0 Å². The van der Waals surface area contributed by atoms with E-state index in [0.29, 0.717) is 0 Å². The van der Waals surface area contributed by atoms with Crippen LogP contribution >= 0.6 is 0 Å². The number of unbranched alkanes of at least 4 members (excludes halogenated alkanes) is 3. The first kappa shape index (κ1) is 15.4. The van der Waals surface area contributed by atoms with Gasteiger partial charge in [-0.3, -0.25) is 0 Å². The second kappa shape index (κ2) is 17.9. The first-order valence-corrected chi connectivity index (χ1v) is 5.27. The summed E-state index contributed by atoms with van der Waals surface area (Å²) in [5.74, 6) is 0. The fourth-order valence-electron chi connectivity index (χ4n) is 0.782. The molecule has 0 nitrogen and oxygen atoms in total. The number of hydrogen-bond acceptors (Lipinski definition) is 0. The molecule has 0 aliphatic rings. The zero-order chi connectivity index (χ0) is 11.1. The van der Waals surface area contributed by atoms with E-state index < -0.39 is 0 Å². The highest BCUT2D eigenvalue weighted by molar-refractivity contribution is 4.78. The molecule has 0 aromatic heterocycles. The summed E-state index contributed by atoms with van der Waals surface area (Å²) in [5.41, 5.74) is 0. The van der Waals surface area contributed by atoms with Crippen LogP contribution in [0.3, 0.4) is 0 Å². The number of hydrogen-bond donors (Lipinski definition) is 0. The zero-order valence-electron chi connectivity index (χ0n) is 9.54. The molecule has 0 heteroatoms. The summed E-state index contributed by atoms with van der Waals surface area (Å²) in [6, 6.07) is 0. The van der Waals surface area contributed by atoms with Crippen LogP contribution in [0.15, 0.2) is 50.1 Å². The van der Waals surface area contributed by atoms with Gasteiger partial charge < -0.3 is 0 Å². The summed E-state index contributed by atoms with van der Waals surface area (Å²) in [5, 5.41) is 0. The van der Waals surface area contributed by atoms with Crippen molar-refractivity contribution in [2.45, 2.75) is 39.0 Å². The first-order chi connectivity index (χ1) is 6.83. The van der Waals surface area contributed by atoms with Crippen molar-refractivity contribution >= 4 is 0 Å². The van der Waals surface area contributed by atoms with E-state index in [9.17, 15) is 0 Å². The second-order valence-corrected chi connectivity index (χ2v) is 2.94. The van der Waals surface area contributed by atoms with Crippen molar-refractivity contribution in [1.82, 2.24) is 0 Å². The van der Waals surface area contributed by atoms with Crippen LogP contribution in [-0.4, -0.2) is 0 Å². The molecule has 14 heavy (non-hydrogen) atoms. The molecule has 0 spiro atoms. The highest BCUT2D eigenvalue weighted by Crippen LogP contribution is 1.95. The predicted octanol–water partition coefficient (Wildman–Crippen LogP) is 5.06. The van der Waals surface area contributed by atoms with E-state index in [2.05, 4.69) is 31.9 Å². The van der Waals surface area contributed by atoms with Gasteiger partial charge in [-0.15, -0.1) is 19.7 Å². The average molecular weight is 192 g/mol. The maximum Gasteiger partial charge on any atom is -0.0319 e. The van der Waals surface area contributed by atoms with Crippen molar-refractivity contribution in [2.75, 3.05) is 0 Å². The summed E-state index contributed by atoms with van der Waals surface area (Å²) in [7, 11) is 0. The Kier molecular flexibility index (Phi) is 19.7. The molecule has 0 rings (SSSR count). The van der Waals surface area contributed by atoms with Gasteiger partial charge in [0.15, 0.2) is 0 Å². The monoisotopic (exact) mass is 192 g/mol. The molecule has 0 fully saturated rings. The molecule has 0 aliphatic carbocycles. The van der Waals surface area contributed by atoms with Gasteiger partial charge >= 0.3 is 0 Å². The van der Waals surface area contributed by atoms with Crippen LogP contribution < -0.4 is 0 Å². The lowest BCUT2D eigenvalue weighted by atomic mass is 10.2. The quantitative estimate of drug-likeness (QED) is 0.391. The Morgan fingerprint density at radius 3 is 1.64 bits per heavy atom. The van der Waals surface area contributed by atoms with Crippen LogP contribution in [0.4, 0.5) is 0 Å². The molecule has 0 bridgehead atoms. The largest absolute Gasteiger partial charge is 0.103 e. The van der Waals surface area contributed by atoms with Gasteiger partial charge in [0.05, 0.1) is 0 Å². The van der Waals surface area contributed by atoms with Crippen molar-refractivity contribution in [3.05, 3.63) is 50.1 Å². The summed E-state index contributed by atoms with van der Waals surface area (Å²) in [6.07, 6.45) is 15.7. The summed E-state index contributed by atoms with van der Waals surface area (Å²) >= 11 is 0. The lowest BCUT2D eigenvalue weighted by Gasteiger charge is -1.85. The van der Waals surface area contributed by atoms with Gasteiger partial charge in [0, 0.05) is 0 Å². The Labute approximate surface area is 89.7 Å². The topological polar surface area (TPSA) is 0 Å². The Balaban J connectivity index is 0. The molecule has 0 aliphatic heterocycles. The maximum absolute atomic E-state index is 3.63. The number of allylic oxidation sites excluding steroid dienone is 5. The van der Waals surface area contributed by atoms with Gasteiger partial charge in [-0.05, 0) is 39.0 Å². The van der Waals surface area contributed by atoms with Gasteiger partial charge in [-0.2, -0.15) is 0 Å². The normalized spacial score (nSPS) is 8.93. The smallest absolute Gasteiger partial charge is 0.0319 e. The third-order valence-corrected chi connectivity index (χ3v) is 1.59. The zero-order valence-corrected chi connectivity index (χ0v) is 9.54. The minimum absolute atomic E-state index is 1.06. The molecule has 0 aromatic carbocycles. The first-order valence-electron chi connectivity index (χ1n) is 5.27. The highest BCUT2D eigenvalue weighted by atomic mass is 13.8. The fourth-order valence-corrected chi connectivity index (χ4v) is 0.782. The average Bonchev–Trinajstić information content (AvgIpc) is 2.22. The molecule has 0 unspecified atom stereocenters. The summed E-state index contributed by atoms with van der Waals surface area (Å²) < 4.78 is 0. The van der Waals surface area contributed by atoms with Crippen molar-refractivity contribution in [3.63, 3.8) is 0 Å². The lowest BCUT2D eigenvalue weighted by molar-refractivity contribution is 0.869. The minimum atomic E-state index is 1.06. The number of rotatable bonds is 7. The molecule has 0 amide bonds. The van der Waals surface area contributed by atoms with E-state index in [4.69, 9.17) is 0 Å². The van der Waals surface area contributed by atoms with Crippen molar-refractivity contribution in [2.24, 2.45) is 0 Å². The minimum Gasteiger partial charge on any atom is -0.103 e. The van der Waals surface area contributed by atoms with E-state index in [0.717, 1.165) is 19.3 Å². The molecular weight excluding hydrogens is 168 g/mol. The molecule has 0 N–H and O–H groups in total. The van der Waals surface area contributed by atoms with Crippen molar-refractivity contribution in [3.8, 4) is 0 Å². The molecule has 0 aromatic rings. The molecule has 0 saturated carbocycles. The highest BCUT2D eigenvalue weighted by Gasteiger charge is 1.75. The lowest BCUT2D eigenvalue weighted by Crippen LogP contribution is -1.65. The van der Waals surface area contributed by atoms with E-state index in [1.165, 1.54) is 12.8 Å². The van der Waals surface area contributed by atoms with E-state index >= 15 is 0 Å². The van der Waals surface area contributed by atoms with Gasteiger partial charge in [0.1, 0.15) is 0 Å². The summed E-state index contributed by atoms with van der Waals surface area (Å²) in [4.78, 5) is 0. The molecule has 80 valence electrons. The van der Waals surface area contributed by atoms with E-state index in [-0.39, 0.29) is 0 Å². The SMILES string of the molecule is C=CCCC=C.C=CCCCC=CC. The molecule has 0 heterocycles.